The maximum absolute atomic E-state index is 2.36. The monoisotopic (exact) mass is 387 g/mol. The van der Waals surface area contributed by atoms with E-state index in [4.69, 9.17) is 0 Å². The zero-order chi connectivity index (χ0) is 19.3. The van der Waals surface area contributed by atoms with Crippen LogP contribution >= 0.6 is 0 Å². The third-order valence-electron chi connectivity index (χ3n) is 6.08. The molecule has 0 aliphatic rings. The van der Waals surface area contributed by atoms with Crippen LogP contribution in [0.2, 0.25) is 0 Å². The van der Waals surface area contributed by atoms with Gasteiger partial charge >= 0.3 is 0 Å². The SMILES string of the molecule is CCCCCCCCCCCCCCCC[N+](CCC)(CCC)CCC.[F-]. The molecule has 0 radical (unpaired) electrons. The van der Waals surface area contributed by atoms with E-state index in [1.165, 1.54) is 140 Å². The lowest BCUT2D eigenvalue weighted by Crippen LogP contribution is -3.00. The van der Waals surface area contributed by atoms with Crippen molar-refractivity contribution in [3.63, 3.8) is 0 Å². The molecule has 0 aromatic rings. The van der Waals surface area contributed by atoms with Gasteiger partial charge in [-0.15, -0.1) is 0 Å². The predicted molar refractivity (Wildman–Crippen MR) is 121 cm³/mol. The average molecular weight is 388 g/mol. The summed E-state index contributed by atoms with van der Waals surface area (Å²) in [5.41, 5.74) is 0. The Morgan fingerprint density at radius 3 is 0.926 bits per heavy atom. The molecular formula is C25H54FN. The summed E-state index contributed by atoms with van der Waals surface area (Å²) in [6.45, 7) is 15.0. The van der Waals surface area contributed by atoms with Gasteiger partial charge in [0.25, 0.3) is 0 Å². The van der Waals surface area contributed by atoms with Gasteiger partial charge in [0.2, 0.25) is 0 Å². The Balaban J connectivity index is 0. The predicted octanol–water partition coefficient (Wildman–Crippen LogP) is 5.52. The molecule has 1 nitrogen and oxygen atoms in total. The first-order chi connectivity index (χ1) is 12.7. The summed E-state index contributed by atoms with van der Waals surface area (Å²) in [6, 6.07) is 0. The van der Waals surface area contributed by atoms with Crippen molar-refractivity contribution in [2.24, 2.45) is 0 Å². The minimum absolute atomic E-state index is 0. The number of nitrogens with zero attached hydrogens (tertiary/aromatic N) is 1. The Morgan fingerprint density at radius 2 is 0.630 bits per heavy atom. The fourth-order valence-electron chi connectivity index (χ4n) is 4.74. The van der Waals surface area contributed by atoms with Gasteiger partial charge in [-0.25, -0.2) is 0 Å². The molecule has 0 bridgehead atoms. The van der Waals surface area contributed by atoms with E-state index in [1.807, 2.05) is 0 Å². The largest absolute Gasteiger partial charge is 1.00 e. The summed E-state index contributed by atoms with van der Waals surface area (Å²) in [7, 11) is 0. The van der Waals surface area contributed by atoms with Crippen molar-refractivity contribution in [3.8, 4) is 0 Å². The molecule has 2 heteroatoms. The third kappa shape index (κ3) is 17.7. The Hall–Kier alpha value is -0.110. The van der Waals surface area contributed by atoms with Crippen LogP contribution in [0.15, 0.2) is 0 Å². The maximum Gasteiger partial charge on any atom is 0.0786 e. The van der Waals surface area contributed by atoms with Gasteiger partial charge in [-0.1, -0.05) is 105 Å². The van der Waals surface area contributed by atoms with Crippen molar-refractivity contribution in [3.05, 3.63) is 0 Å². The summed E-state index contributed by atoms with van der Waals surface area (Å²) >= 11 is 0. The topological polar surface area (TPSA) is 0 Å². The van der Waals surface area contributed by atoms with E-state index >= 15 is 0 Å². The number of rotatable bonds is 21. The van der Waals surface area contributed by atoms with Crippen LogP contribution in [0.5, 0.6) is 0 Å². The van der Waals surface area contributed by atoms with Crippen LogP contribution in [0.25, 0.3) is 0 Å². The highest BCUT2D eigenvalue weighted by atomic mass is 19.0. The molecule has 0 N–H and O–H groups in total. The minimum Gasteiger partial charge on any atom is -1.00 e. The fraction of sp³-hybridized carbons (Fsp3) is 1.00. The van der Waals surface area contributed by atoms with E-state index in [0.29, 0.717) is 0 Å². The summed E-state index contributed by atoms with van der Waals surface area (Å²) in [5, 5.41) is 0. The molecule has 0 spiro atoms. The Morgan fingerprint density at radius 1 is 0.333 bits per heavy atom. The lowest BCUT2D eigenvalue weighted by molar-refractivity contribution is -0.928. The first kappa shape index (κ1) is 29.1. The van der Waals surface area contributed by atoms with Gasteiger partial charge in [0.05, 0.1) is 26.2 Å². The van der Waals surface area contributed by atoms with E-state index in [9.17, 15) is 0 Å². The van der Waals surface area contributed by atoms with E-state index < -0.39 is 0 Å². The molecule has 0 aromatic heterocycles. The number of halogens is 1. The second-order valence-corrected chi connectivity index (χ2v) is 8.83. The number of hydrogen-bond donors (Lipinski definition) is 0. The normalized spacial score (nSPS) is 11.6. The molecule has 0 unspecified atom stereocenters. The Kier molecular flexibility index (Phi) is 23.9. The molecule has 0 atom stereocenters. The summed E-state index contributed by atoms with van der Waals surface area (Å²) in [4.78, 5) is 0. The smallest absolute Gasteiger partial charge is 0.0786 e. The molecule has 166 valence electrons. The van der Waals surface area contributed by atoms with Crippen LogP contribution in [0.4, 0.5) is 0 Å². The fourth-order valence-corrected chi connectivity index (χ4v) is 4.74. The molecule has 0 amide bonds. The van der Waals surface area contributed by atoms with Crippen LogP contribution < -0.4 is 4.70 Å². The van der Waals surface area contributed by atoms with Gasteiger partial charge < -0.3 is 9.19 Å². The average Bonchev–Trinajstić information content (AvgIpc) is 2.63. The molecule has 0 fully saturated rings. The number of hydrogen-bond acceptors (Lipinski definition) is 0. The molecule has 0 saturated heterocycles. The van der Waals surface area contributed by atoms with Gasteiger partial charge in [-0.2, -0.15) is 0 Å². The van der Waals surface area contributed by atoms with E-state index in [1.54, 1.807) is 0 Å². The van der Waals surface area contributed by atoms with Crippen LogP contribution in [0, 0.1) is 0 Å². The molecule has 0 saturated carbocycles. The number of unbranched alkanes of at least 4 members (excludes halogenated alkanes) is 13. The van der Waals surface area contributed by atoms with Crippen molar-refractivity contribution in [2.75, 3.05) is 26.2 Å². The second kappa shape index (κ2) is 22.2. The van der Waals surface area contributed by atoms with Gasteiger partial charge in [-0.3, -0.25) is 0 Å². The van der Waals surface area contributed by atoms with Gasteiger partial charge in [0.15, 0.2) is 0 Å². The Labute approximate surface area is 172 Å². The highest BCUT2D eigenvalue weighted by Crippen LogP contribution is 2.16. The van der Waals surface area contributed by atoms with E-state index in [2.05, 4.69) is 27.7 Å². The molecule has 0 aliphatic heterocycles. The highest BCUT2D eigenvalue weighted by Gasteiger charge is 2.23. The van der Waals surface area contributed by atoms with E-state index in [-0.39, 0.29) is 4.70 Å². The van der Waals surface area contributed by atoms with Gasteiger partial charge in [0, 0.05) is 0 Å². The van der Waals surface area contributed by atoms with Crippen molar-refractivity contribution in [2.45, 2.75) is 137 Å². The Bertz CT molecular complexity index is 250. The summed E-state index contributed by atoms with van der Waals surface area (Å²) in [5.74, 6) is 0. The van der Waals surface area contributed by atoms with Crippen LogP contribution in [-0.2, 0) is 0 Å². The molecular weight excluding hydrogens is 333 g/mol. The molecule has 0 aliphatic carbocycles. The maximum atomic E-state index is 2.36. The molecule has 0 aromatic carbocycles. The number of quaternary nitrogens is 1. The zero-order valence-corrected chi connectivity index (χ0v) is 19.7. The molecule has 27 heavy (non-hydrogen) atoms. The minimum atomic E-state index is 0. The lowest BCUT2D eigenvalue weighted by atomic mass is 10.0. The highest BCUT2D eigenvalue weighted by molar-refractivity contribution is 4.51. The summed E-state index contributed by atoms with van der Waals surface area (Å²) < 4.78 is 1.40. The van der Waals surface area contributed by atoms with Crippen LogP contribution in [0.1, 0.15) is 137 Å². The van der Waals surface area contributed by atoms with Crippen LogP contribution in [0.3, 0.4) is 0 Å². The first-order valence-corrected chi connectivity index (χ1v) is 12.6. The van der Waals surface area contributed by atoms with Gasteiger partial charge in [0.1, 0.15) is 0 Å². The van der Waals surface area contributed by atoms with Crippen molar-refractivity contribution >= 4 is 0 Å². The lowest BCUT2D eigenvalue weighted by Gasteiger charge is -2.38. The first-order valence-electron chi connectivity index (χ1n) is 12.6. The standard InChI is InChI=1S/C25H54N.FH/c1-5-9-10-11-12-13-14-15-16-17-18-19-20-21-25-26(22-6-2,23-7-3)24-8-4;/h5-25H2,1-4H3;1H/q+1;/p-1. The van der Waals surface area contributed by atoms with Crippen molar-refractivity contribution in [1.82, 2.24) is 0 Å². The zero-order valence-electron chi connectivity index (χ0n) is 19.7. The van der Waals surface area contributed by atoms with Crippen molar-refractivity contribution < 1.29 is 9.19 Å². The van der Waals surface area contributed by atoms with Crippen LogP contribution in [-0.4, -0.2) is 30.7 Å². The van der Waals surface area contributed by atoms with Crippen molar-refractivity contribution in [1.29, 1.82) is 0 Å². The third-order valence-corrected chi connectivity index (χ3v) is 6.08. The molecule has 0 rings (SSSR count). The second-order valence-electron chi connectivity index (χ2n) is 8.83. The summed E-state index contributed by atoms with van der Waals surface area (Å²) in [6.07, 6.45) is 24.6. The quantitative estimate of drug-likeness (QED) is 0.180. The van der Waals surface area contributed by atoms with Gasteiger partial charge in [-0.05, 0) is 32.1 Å². The molecule has 0 heterocycles. The van der Waals surface area contributed by atoms with E-state index in [0.717, 1.165) is 0 Å².